The highest BCUT2D eigenvalue weighted by molar-refractivity contribution is 6.32. The number of hydrogen-bond donors (Lipinski definition) is 2. The van der Waals surface area contributed by atoms with Crippen molar-refractivity contribution in [1.29, 1.82) is 0 Å². The van der Waals surface area contributed by atoms with Gasteiger partial charge in [0.2, 0.25) is 5.95 Å². The Balaban J connectivity index is 1.92. The molecule has 0 saturated carbocycles. The van der Waals surface area contributed by atoms with Crippen LogP contribution in [0.5, 0.6) is 5.75 Å². The molecule has 1 aromatic carbocycles. The van der Waals surface area contributed by atoms with Crippen LogP contribution in [0.1, 0.15) is 26.6 Å². The van der Waals surface area contributed by atoms with E-state index in [1.54, 1.807) is 0 Å². The van der Waals surface area contributed by atoms with Crippen LogP contribution in [0.25, 0.3) is 0 Å². The third-order valence-corrected chi connectivity index (χ3v) is 3.00. The number of aromatic nitrogens is 3. The highest BCUT2D eigenvalue weighted by Gasteiger charge is 2.19. The highest BCUT2D eigenvalue weighted by Crippen LogP contribution is 2.24. The van der Waals surface area contributed by atoms with Crippen LogP contribution in [0, 0.1) is 5.82 Å². The van der Waals surface area contributed by atoms with E-state index in [1.807, 2.05) is 20.8 Å². The molecule has 0 radical (unpaired) electrons. The molecule has 6 nitrogen and oxygen atoms in total. The molecule has 0 aliphatic carbocycles. The summed E-state index contributed by atoms with van der Waals surface area (Å²) in [4.78, 5) is 16.0. The van der Waals surface area contributed by atoms with Gasteiger partial charge in [0.05, 0.1) is 5.02 Å². The van der Waals surface area contributed by atoms with E-state index in [0.717, 1.165) is 6.07 Å². The third-order valence-electron chi connectivity index (χ3n) is 2.70. The molecule has 2 rings (SSSR count). The molecule has 8 heteroatoms. The molecule has 118 valence electrons. The van der Waals surface area contributed by atoms with Gasteiger partial charge in [-0.25, -0.2) is 4.39 Å². The first-order valence-corrected chi connectivity index (χ1v) is 6.94. The topological polar surface area (TPSA) is 79.9 Å². The van der Waals surface area contributed by atoms with Crippen LogP contribution in [-0.4, -0.2) is 27.7 Å². The van der Waals surface area contributed by atoms with E-state index in [-0.39, 0.29) is 28.7 Å². The summed E-state index contributed by atoms with van der Waals surface area (Å²) in [6.07, 6.45) is 0. The van der Waals surface area contributed by atoms with Gasteiger partial charge in [-0.1, -0.05) is 32.4 Å². The second kappa shape index (κ2) is 6.31. The summed E-state index contributed by atoms with van der Waals surface area (Å²) in [7, 11) is 0. The Labute approximate surface area is 132 Å². The quantitative estimate of drug-likeness (QED) is 0.905. The lowest BCUT2D eigenvalue weighted by molar-refractivity contribution is -0.118. The minimum atomic E-state index is -0.475. The Morgan fingerprint density at radius 1 is 1.45 bits per heavy atom. The second-order valence-electron chi connectivity index (χ2n) is 5.67. The van der Waals surface area contributed by atoms with Crippen molar-refractivity contribution >= 4 is 23.5 Å². The number of nitrogens with zero attached hydrogens (tertiary/aromatic N) is 2. The molecule has 1 aromatic heterocycles. The van der Waals surface area contributed by atoms with Crippen molar-refractivity contribution in [3.8, 4) is 5.75 Å². The molecule has 0 unspecified atom stereocenters. The van der Waals surface area contributed by atoms with E-state index in [4.69, 9.17) is 16.3 Å². The van der Waals surface area contributed by atoms with Crippen LogP contribution >= 0.6 is 11.6 Å². The monoisotopic (exact) mass is 326 g/mol. The molecular weight excluding hydrogens is 311 g/mol. The van der Waals surface area contributed by atoms with Gasteiger partial charge in [0.25, 0.3) is 5.91 Å². The molecule has 0 bridgehead atoms. The van der Waals surface area contributed by atoms with Crippen molar-refractivity contribution in [2.45, 2.75) is 26.2 Å². The Bertz CT molecular complexity index is 682. The van der Waals surface area contributed by atoms with Crippen LogP contribution in [-0.2, 0) is 10.2 Å². The van der Waals surface area contributed by atoms with Crippen LogP contribution in [0.15, 0.2) is 18.2 Å². The molecule has 1 heterocycles. The minimum absolute atomic E-state index is 0.0979. The maximum absolute atomic E-state index is 12.9. The minimum Gasteiger partial charge on any atom is -0.482 e. The van der Waals surface area contributed by atoms with Crippen LogP contribution in [0.2, 0.25) is 5.02 Å². The molecule has 0 spiro atoms. The molecule has 0 fully saturated rings. The van der Waals surface area contributed by atoms with E-state index >= 15 is 0 Å². The number of hydrogen-bond acceptors (Lipinski definition) is 4. The van der Waals surface area contributed by atoms with Crippen LogP contribution < -0.4 is 10.1 Å². The number of carbonyl (C=O) groups is 1. The lowest BCUT2D eigenvalue weighted by Crippen LogP contribution is -2.21. The molecule has 2 N–H and O–H groups in total. The van der Waals surface area contributed by atoms with E-state index < -0.39 is 11.7 Å². The SMILES string of the molecule is CC(C)(C)c1nc(NC(=O)COc2ccc(F)cc2Cl)n[nH]1. The fourth-order valence-electron chi connectivity index (χ4n) is 1.55. The van der Waals surface area contributed by atoms with Crippen molar-refractivity contribution in [2.75, 3.05) is 11.9 Å². The fourth-order valence-corrected chi connectivity index (χ4v) is 1.77. The molecule has 22 heavy (non-hydrogen) atoms. The van der Waals surface area contributed by atoms with E-state index in [9.17, 15) is 9.18 Å². The lowest BCUT2D eigenvalue weighted by Gasteiger charge is -2.12. The fraction of sp³-hybridized carbons (Fsp3) is 0.357. The molecule has 2 aromatic rings. The predicted molar refractivity (Wildman–Crippen MR) is 80.6 cm³/mol. The number of rotatable bonds is 4. The molecule has 0 aliphatic rings. The third kappa shape index (κ3) is 4.17. The number of ether oxygens (including phenoxy) is 1. The van der Waals surface area contributed by atoms with Gasteiger partial charge in [-0.2, -0.15) is 4.98 Å². The molecular formula is C14H16ClFN4O2. The van der Waals surface area contributed by atoms with Gasteiger partial charge in [-0.05, 0) is 18.2 Å². The maximum Gasteiger partial charge on any atom is 0.264 e. The van der Waals surface area contributed by atoms with Crippen molar-refractivity contribution in [1.82, 2.24) is 15.2 Å². The van der Waals surface area contributed by atoms with Gasteiger partial charge in [0.1, 0.15) is 17.4 Å². The summed E-state index contributed by atoms with van der Waals surface area (Å²) in [5.41, 5.74) is -0.200. The first-order chi connectivity index (χ1) is 10.3. The first-order valence-electron chi connectivity index (χ1n) is 6.56. The van der Waals surface area contributed by atoms with Gasteiger partial charge < -0.3 is 4.74 Å². The lowest BCUT2D eigenvalue weighted by atomic mass is 9.96. The van der Waals surface area contributed by atoms with Crippen molar-refractivity contribution in [3.05, 3.63) is 34.9 Å². The molecule has 1 amide bonds. The van der Waals surface area contributed by atoms with Gasteiger partial charge in [0.15, 0.2) is 6.61 Å². The van der Waals surface area contributed by atoms with E-state index in [1.165, 1.54) is 12.1 Å². The number of H-pyrrole nitrogens is 1. The zero-order valence-electron chi connectivity index (χ0n) is 12.4. The van der Waals surface area contributed by atoms with Crippen molar-refractivity contribution in [2.24, 2.45) is 0 Å². The van der Waals surface area contributed by atoms with Crippen LogP contribution in [0.4, 0.5) is 10.3 Å². The average Bonchev–Trinajstić information content (AvgIpc) is 2.86. The average molecular weight is 327 g/mol. The smallest absolute Gasteiger partial charge is 0.264 e. The number of benzene rings is 1. The number of halogens is 2. The number of anilines is 1. The van der Waals surface area contributed by atoms with E-state index in [0.29, 0.717) is 5.82 Å². The number of amides is 1. The molecule has 0 saturated heterocycles. The largest absolute Gasteiger partial charge is 0.482 e. The Morgan fingerprint density at radius 3 is 2.77 bits per heavy atom. The summed E-state index contributed by atoms with van der Waals surface area (Å²) in [6, 6.07) is 3.67. The number of nitrogens with one attached hydrogen (secondary N) is 2. The van der Waals surface area contributed by atoms with Gasteiger partial charge >= 0.3 is 0 Å². The highest BCUT2D eigenvalue weighted by atomic mass is 35.5. The summed E-state index contributed by atoms with van der Waals surface area (Å²) in [5.74, 6) is 0.134. The zero-order chi connectivity index (χ0) is 16.3. The van der Waals surface area contributed by atoms with Crippen molar-refractivity contribution < 1.29 is 13.9 Å². The number of carbonyl (C=O) groups excluding carboxylic acids is 1. The summed E-state index contributed by atoms with van der Waals surface area (Å²) >= 11 is 5.80. The van der Waals surface area contributed by atoms with Gasteiger partial charge in [0, 0.05) is 5.41 Å². The Hall–Kier alpha value is -2.15. The summed E-state index contributed by atoms with van der Waals surface area (Å²) in [6.45, 7) is 5.63. The van der Waals surface area contributed by atoms with Gasteiger partial charge in [-0.15, -0.1) is 5.10 Å². The van der Waals surface area contributed by atoms with Crippen LogP contribution in [0.3, 0.4) is 0 Å². The second-order valence-corrected chi connectivity index (χ2v) is 6.08. The molecule has 0 atom stereocenters. The van der Waals surface area contributed by atoms with Crippen molar-refractivity contribution in [3.63, 3.8) is 0 Å². The Kier molecular flexibility index (Phi) is 4.65. The zero-order valence-corrected chi connectivity index (χ0v) is 13.2. The first kappa shape index (κ1) is 16.2. The van der Waals surface area contributed by atoms with E-state index in [2.05, 4.69) is 20.5 Å². The summed E-state index contributed by atoms with van der Waals surface area (Å²) < 4.78 is 18.1. The number of aromatic amines is 1. The maximum atomic E-state index is 12.9. The normalized spacial score (nSPS) is 11.3. The molecule has 0 aliphatic heterocycles. The standard InChI is InChI=1S/C14H16ClFN4O2/c1-14(2,3)12-18-13(20-19-12)17-11(21)7-22-10-5-4-8(16)6-9(10)15/h4-6H,7H2,1-3H3,(H2,17,18,19,20,21). The Morgan fingerprint density at radius 2 is 2.18 bits per heavy atom. The van der Waals surface area contributed by atoms with Gasteiger partial charge in [-0.3, -0.25) is 15.2 Å². The predicted octanol–water partition coefficient (Wildman–Crippen LogP) is 2.91. The summed E-state index contributed by atoms with van der Waals surface area (Å²) in [5, 5.41) is 9.27.